The second-order valence-corrected chi connectivity index (χ2v) is 6.24. The molecule has 154 valence electrons. The van der Waals surface area contributed by atoms with Crippen molar-refractivity contribution in [1.82, 2.24) is 0 Å². The average molecular weight is 406 g/mol. The van der Waals surface area contributed by atoms with Gasteiger partial charge in [-0.05, 0) is 44.2 Å². The van der Waals surface area contributed by atoms with Crippen LogP contribution in [-0.2, 0) is 0 Å². The number of nitrogens with one attached hydrogen (secondary N) is 3. The van der Waals surface area contributed by atoms with Crippen LogP contribution in [-0.4, -0.2) is 25.0 Å². The van der Waals surface area contributed by atoms with Crippen LogP contribution in [0.2, 0.25) is 0 Å². The third-order valence-electron chi connectivity index (χ3n) is 4.15. The topological polar surface area (TPSA) is 90.8 Å². The number of amides is 2. The van der Waals surface area contributed by atoms with Gasteiger partial charge in [0, 0.05) is 12.1 Å². The molecule has 0 aliphatic carbocycles. The van der Waals surface area contributed by atoms with Crippen molar-refractivity contribution in [1.29, 1.82) is 0 Å². The van der Waals surface area contributed by atoms with Crippen molar-refractivity contribution in [2.45, 2.75) is 13.8 Å². The maximum atomic E-state index is 12.7. The van der Waals surface area contributed by atoms with E-state index in [-0.39, 0.29) is 11.8 Å². The summed E-state index contributed by atoms with van der Waals surface area (Å²) in [5, 5.41) is 5.58. The molecule has 0 atom stereocenters. The van der Waals surface area contributed by atoms with Gasteiger partial charge < -0.3 is 9.47 Å². The van der Waals surface area contributed by atoms with Gasteiger partial charge in [-0.15, -0.1) is 0 Å². The molecule has 0 radical (unpaired) electrons. The molecule has 0 fully saturated rings. The maximum Gasteiger partial charge on any atom is 0.315 e. The molecule has 2 aromatic carbocycles. The number of aromatic nitrogens is 1. The van der Waals surface area contributed by atoms with Crippen molar-refractivity contribution in [3.8, 4) is 11.5 Å². The van der Waals surface area contributed by atoms with Gasteiger partial charge in [0.1, 0.15) is 11.5 Å². The van der Waals surface area contributed by atoms with E-state index in [0.29, 0.717) is 47.5 Å². The first kappa shape index (κ1) is 20.9. The van der Waals surface area contributed by atoms with Gasteiger partial charge in [0.15, 0.2) is 0 Å². The molecule has 0 saturated heterocycles. The highest BCUT2D eigenvalue weighted by atomic mass is 16.5. The summed E-state index contributed by atoms with van der Waals surface area (Å²) in [6.07, 6.45) is 0. The Hall–Kier alpha value is -3.87. The summed E-state index contributed by atoms with van der Waals surface area (Å²) < 4.78 is 11.0. The number of carbonyl (C=O) groups is 2. The Bertz CT molecular complexity index is 957. The lowest BCUT2D eigenvalue weighted by molar-refractivity contribution is -0.343. The molecular formula is C23H24N3O4+. The number of H-pyrrole nitrogens is 1. The number of ether oxygens (including phenoxy) is 2. The smallest absolute Gasteiger partial charge is 0.315 e. The van der Waals surface area contributed by atoms with E-state index in [0.717, 1.165) is 0 Å². The third kappa shape index (κ3) is 5.14. The summed E-state index contributed by atoms with van der Waals surface area (Å²) in [6, 6.07) is 19.2. The highest BCUT2D eigenvalue weighted by molar-refractivity contribution is 6.06. The molecule has 3 rings (SSSR count). The number of hydrogen-bond donors (Lipinski definition) is 2. The second kappa shape index (κ2) is 10.1. The normalized spacial score (nSPS) is 10.2. The minimum absolute atomic E-state index is 0.319. The largest absolute Gasteiger partial charge is 0.493 e. The van der Waals surface area contributed by atoms with Crippen molar-refractivity contribution in [3.05, 3.63) is 77.9 Å². The van der Waals surface area contributed by atoms with Crippen LogP contribution in [0.15, 0.2) is 66.7 Å². The molecule has 0 unspecified atom stereocenters. The molecule has 0 aliphatic heterocycles. The Morgan fingerprint density at radius 1 is 0.700 bits per heavy atom. The van der Waals surface area contributed by atoms with Gasteiger partial charge in [-0.1, -0.05) is 24.3 Å². The molecule has 3 aromatic rings. The van der Waals surface area contributed by atoms with E-state index >= 15 is 0 Å². The summed E-state index contributed by atoms with van der Waals surface area (Å²) in [6.45, 7) is 4.64. The van der Waals surface area contributed by atoms with E-state index in [1.165, 1.54) is 0 Å². The fourth-order valence-corrected chi connectivity index (χ4v) is 2.87. The Morgan fingerprint density at radius 3 is 1.57 bits per heavy atom. The number of carbonyl (C=O) groups excluding carboxylic acids is 2. The maximum absolute atomic E-state index is 12.7. The zero-order valence-electron chi connectivity index (χ0n) is 16.9. The first-order chi connectivity index (χ1) is 14.6. The first-order valence-corrected chi connectivity index (χ1v) is 9.71. The number of pyridine rings is 1. The average Bonchev–Trinajstić information content (AvgIpc) is 2.75. The number of rotatable bonds is 8. The number of benzene rings is 2. The Morgan fingerprint density at radius 2 is 1.13 bits per heavy atom. The lowest BCUT2D eigenvalue weighted by atomic mass is 10.2. The minimum Gasteiger partial charge on any atom is -0.493 e. The molecule has 0 bridgehead atoms. The Kier molecular flexibility index (Phi) is 7.00. The van der Waals surface area contributed by atoms with Crippen molar-refractivity contribution >= 4 is 23.5 Å². The summed E-state index contributed by atoms with van der Waals surface area (Å²) in [5.74, 6) is 1.24. The quantitative estimate of drug-likeness (QED) is 0.595. The fourth-order valence-electron chi connectivity index (χ4n) is 2.87. The van der Waals surface area contributed by atoms with Crippen molar-refractivity contribution in [2.75, 3.05) is 23.8 Å². The number of aromatic amines is 1. The van der Waals surface area contributed by atoms with Gasteiger partial charge in [-0.25, -0.2) is 15.6 Å². The van der Waals surface area contributed by atoms with Crippen LogP contribution in [0.4, 0.5) is 11.6 Å². The van der Waals surface area contributed by atoms with Gasteiger partial charge in [-0.3, -0.25) is 9.59 Å². The summed E-state index contributed by atoms with van der Waals surface area (Å²) in [4.78, 5) is 28.3. The van der Waals surface area contributed by atoms with Crippen molar-refractivity contribution in [3.63, 3.8) is 0 Å². The molecule has 7 heteroatoms. The Balaban J connectivity index is 1.74. The molecule has 2 amide bonds. The molecular weight excluding hydrogens is 382 g/mol. The van der Waals surface area contributed by atoms with Crippen LogP contribution in [0.25, 0.3) is 0 Å². The standard InChI is InChI=1S/C23H23N3O4/c1-3-29-18-12-7-5-10-16(18)22(27)25-20-14-9-15-21(24-20)26-23(28)17-11-6-8-13-19(17)30-4-2/h5-15H,3-4H2,1-2H3,(H2,24,25,26,27,28)/p+1. The lowest BCUT2D eigenvalue weighted by Crippen LogP contribution is -2.25. The lowest BCUT2D eigenvalue weighted by Gasteiger charge is -2.09. The molecule has 0 saturated carbocycles. The van der Waals surface area contributed by atoms with Gasteiger partial charge in [0.05, 0.1) is 24.3 Å². The van der Waals surface area contributed by atoms with E-state index in [2.05, 4.69) is 15.6 Å². The van der Waals surface area contributed by atoms with Crippen LogP contribution in [0.5, 0.6) is 11.5 Å². The van der Waals surface area contributed by atoms with Crippen LogP contribution in [0.3, 0.4) is 0 Å². The molecule has 1 heterocycles. The van der Waals surface area contributed by atoms with E-state index in [1.54, 1.807) is 54.6 Å². The Labute approximate surface area is 175 Å². The number of para-hydroxylation sites is 2. The van der Waals surface area contributed by atoms with Gasteiger partial charge in [-0.2, -0.15) is 0 Å². The highest BCUT2D eigenvalue weighted by Crippen LogP contribution is 2.20. The van der Waals surface area contributed by atoms with Gasteiger partial charge >= 0.3 is 11.8 Å². The van der Waals surface area contributed by atoms with E-state index < -0.39 is 0 Å². The van der Waals surface area contributed by atoms with Crippen LogP contribution >= 0.6 is 0 Å². The highest BCUT2D eigenvalue weighted by Gasteiger charge is 2.18. The molecule has 1 aromatic heterocycles. The van der Waals surface area contributed by atoms with E-state index in [9.17, 15) is 9.59 Å². The monoisotopic (exact) mass is 406 g/mol. The summed E-state index contributed by atoms with van der Waals surface area (Å²) >= 11 is 0. The van der Waals surface area contributed by atoms with Crippen LogP contribution in [0, 0.1) is 0 Å². The van der Waals surface area contributed by atoms with E-state index in [4.69, 9.17) is 9.47 Å². The van der Waals surface area contributed by atoms with Crippen LogP contribution < -0.4 is 25.1 Å². The summed E-state index contributed by atoms with van der Waals surface area (Å²) in [5.41, 5.74) is 0.848. The zero-order chi connectivity index (χ0) is 21.3. The van der Waals surface area contributed by atoms with Crippen molar-refractivity contribution in [2.24, 2.45) is 0 Å². The van der Waals surface area contributed by atoms with Gasteiger partial charge in [0.25, 0.3) is 0 Å². The predicted molar refractivity (Wildman–Crippen MR) is 114 cm³/mol. The fraction of sp³-hybridized carbons (Fsp3) is 0.174. The van der Waals surface area contributed by atoms with E-state index in [1.807, 2.05) is 26.0 Å². The summed E-state index contributed by atoms with van der Waals surface area (Å²) in [7, 11) is 0. The molecule has 7 nitrogen and oxygen atoms in total. The minimum atomic E-state index is -0.319. The van der Waals surface area contributed by atoms with Crippen LogP contribution in [0.1, 0.15) is 34.6 Å². The first-order valence-electron chi connectivity index (χ1n) is 9.71. The number of hydrogen-bond acceptors (Lipinski definition) is 4. The third-order valence-corrected chi connectivity index (χ3v) is 4.15. The second-order valence-electron chi connectivity index (χ2n) is 6.24. The molecule has 3 N–H and O–H groups in total. The SMILES string of the molecule is CCOc1ccccc1C(=O)Nc1cccc(NC(=O)c2ccccc2OCC)[nH+]1. The molecule has 30 heavy (non-hydrogen) atoms. The molecule has 0 spiro atoms. The molecule has 0 aliphatic rings. The zero-order valence-corrected chi connectivity index (χ0v) is 16.9. The number of anilines is 2. The van der Waals surface area contributed by atoms with Crippen molar-refractivity contribution < 1.29 is 24.0 Å². The predicted octanol–water partition coefficient (Wildman–Crippen LogP) is 3.80. The van der Waals surface area contributed by atoms with Gasteiger partial charge in [0.2, 0.25) is 11.6 Å².